The quantitative estimate of drug-likeness (QED) is 0.916. The number of hydrogen-bond donors (Lipinski definition) is 1. The Labute approximate surface area is 113 Å². The van der Waals surface area contributed by atoms with Gasteiger partial charge in [0.25, 0.3) is 0 Å². The molecule has 0 aliphatic rings. The normalized spacial score (nSPS) is 11.3. The summed E-state index contributed by atoms with van der Waals surface area (Å²) in [4.78, 5) is 0. The van der Waals surface area contributed by atoms with E-state index in [4.69, 9.17) is 0 Å². The third kappa shape index (κ3) is 2.84. The van der Waals surface area contributed by atoms with Crippen molar-refractivity contribution < 1.29 is 4.39 Å². The van der Waals surface area contributed by atoms with Crippen LogP contribution < -0.4 is 5.32 Å². The van der Waals surface area contributed by atoms with E-state index in [2.05, 4.69) is 24.3 Å². The lowest BCUT2D eigenvalue weighted by Crippen LogP contribution is -2.05. The Morgan fingerprint density at radius 3 is 2.68 bits per heavy atom. The minimum absolute atomic E-state index is 0.199. The molecule has 3 nitrogen and oxygen atoms in total. The van der Waals surface area contributed by atoms with E-state index in [9.17, 15) is 4.39 Å². The summed E-state index contributed by atoms with van der Waals surface area (Å²) < 4.78 is 15.8. The summed E-state index contributed by atoms with van der Waals surface area (Å²) in [6, 6.07) is 5.23. The summed E-state index contributed by atoms with van der Waals surface area (Å²) in [6.45, 7) is 4.87. The third-order valence-corrected chi connectivity index (χ3v) is 3.11. The number of aryl methyl sites for hydroxylation is 1. The zero-order chi connectivity index (χ0) is 14.0. The van der Waals surface area contributed by atoms with Gasteiger partial charge in [0.05, 0.1) is 5.69 Å². The largest absolute Gasteiger partial charge is 0.316 e. The summed E-state index contributed by atoms with van der Waals surface area (Å²) in [7, 11) is 3.75. The zero-order valence-electron chi connectivity index (χ0n) is 11.9. The molecule has 4 heteroatoms. The smallest absolute Gasteiger partial charge is 0.131 e. The van der Waals surface area contributed by atoms with E-state index >= 15 is 0 Å². The van der Waals surface area contributed by atoms with Crippen LogP contribution in [0.25, 0.3) is 11.1 Å². The van der Waals surface area contributed by atoms with E-state index in [1.165, 1.54) is 6.07 Å². The van der Waals surface area contributed by atoms with Gasteiger partial charge in [-0.15, -0.1) is 0 Å². The molecule has 0 fully saturated rings. The molecule has 1 aromatic carbocycles. The number of hydrogen-bond acceptors (Lipinski definition) is 2. The van der Waals surface area contributed by atoms with Crippen molar-refractivity contribution in [1.29, 1.82) is 0 Å². The van der Waals surface area contributed by atoms with Crippen molar-refractivity contribution in [3.63, 3.8) is 0 Å². The van der Waals surface area contributed by atoms with Crippen LogP contribution in [0, 0.1) is 5.82 Å². The Bertz CT molecular complexity index is 573. The van der Waals surface area contributed by atoms with Crippen LogP contribution in [0.4, 0.5) is 4.39 Å². The highest BCUT2D eigenvalue weighted by molar-refractivity contribution is 5.67. The number of nitrogens with zero attached hydrogens (tertiary/aromatic N) is 2. The van der Waals surface area contributed by atoms with Gasteiger partial charge in [-0.25, -0.2) is 4.39 Å². The first kappa shape index (κ1) is 13.7. The van der Waals surface area contributed by atoms with E-state index in [-0.39, 0.29) is 11.7 Å². The van der Waals surface area contributed by atoms with E-state index in [0.717, 1.165) is 23.4 Å². The molecule has 0 atom stereocenters. The monoisotopic (exact) mass is 261 g/mol. The molecule has 1 N–H and O–H groups in total. The predicted molar refractivity (Wildman–Crippen MR) is 75.5 cm³/mol. The number of halogens is 1. The molecule has 0 aliphatic carbocycles. The van der Waals surface area contributed by atoms with Gasteiger partial charge in [-0.3, -0.25) is 4.68 Å². The van der Waals surface area contributed by atoms with Crippen LogP contribution in [-0.4, -0.2) is 16.8 Å². The van der Waals surface area contributed by atoms with Gasteiger partial charge in [0, 0.05) is 30.9 Å². The number of benzene rings is 1. The Kier molecular flexibility index (Phi) is 4.00. The van der Waals surface area contributed by atoms with Gasteiger partial charge in [0.1, 0.15) is 5.82 Å². The molecule has 0 radical (unpaired) electrons. The third-order valence-electron chi connectivity index (χ3n) is 3.11. The average Bonchev–Trinajstić information content (AvgIpc) is 2.74. The van der Waals surface area contributed by atoms with Crippen LogP contribution in [0.1, 0.15) is 31.0 Å². The molecule has 0 bridgehead atoms. The van der Waals surface area contributed by atoms with Crippen molar-refractivity contribution in [2.75, 3.05) is 7.05 Å². The number of aromatic nitrogens is 2. The van der Waals surface area contributed by atoms with E-state index in [1.807, 2.05) is 26.4 Å². The lowest BCUT2D eigenvalue weighted by molar-refractivity contribution is 0.629. The van der Waals surface area contributed by atoms with Crippen molar-refractivity contribution in [3.05, 3.63) is 41.5 Å². The van der Waals surface area contributed by atoms with E-state index < -0.39 is 0 Å². The average molecular weight is 261 g/mol. The summed E-state index contributed by atoms with van der Waals surface area (Å²) >= 11 is 0. The molecular weight excluding hydrogens is 241 g/mol. The molecule has 0 amide bonds. The first-order valence-electron chi connectivity index (χ1n) is 6.50. The molecule has 102 valence electrons. The zero-order valence-corrected chi connectivity index (χ0v) is 11.9. The molecule has 0 unspecified atom stereocenters. The topological polar surface area (TPSA) is 29.9 Å². The van der Waals surface area contributed by atoms with E-state index in [1.54, 1.807) is 10.7 Å². The highest BCUT2D eigenvalue weighted by Crippen LogP contribution is 2.30. The molecule has 0 spiro atoms. The Hall–Kier alpha value is -1.68. The van der Waals surface area contributed by atoms with Gasteiger partial charge in [-0.1, -0.05) is 19.9 Å². The summed E-state index contributed by atoms with van der Waals surface area (Å²) in [5.41, 5.74) is 3.51. The maximum absolute atomic E-state index is 14.1. The Morgan fingerprint density at radius 2 is 2.05 bits per heavy atom. The van der Waals surface area contributed by atoms with Gasteiger partial charge < -0.3 is 5.32 Å². The van der Waals surface area contributed by atoms with Crippen LogP contribution in [0.15, 0.2) is 24.4 Å². The number of rotatable bonds is 4. The second kappa shape index (κ2) is 5.53. The second-order valence-electron chi connectivity index (χ2n) is 5.10. The second-order valence-corrected chi connectivity index (χ2v) is 5.10. The molecule has 19 heavy (non-hydrogen) atoms. The molecule has 2 rings (SSSR count). The minimum atomic E-state index is -0.199. The summed E-state index contributed by atoms with van der Waals surface area (Å²) in [5, 5.41) is 7.52. The predicted octanol–water partition coefficient (Wildman–Crippen LogP) is 3.07. The van der Waals surface area contributed by atoms with Crippen molar-refractivity contribution in [1.82, 2.24) is 15.1 Å². The lowest BCUT2D eigenvalue weighted by atomic mass is 9.98. The fourth-order valence-electron chi connectivity index (χ4n) is 2.23. The van der Waals surface area contributed by atoms with Crippen molar-refractivity contribution in [3.8, 4) is 11.1 Å². The SMILES string of the molecule is CNCc1ccc(F)c(-c2cn(C)nc2C(C)C)c1. The van der Waals surface area contributed by atoms with Crippen molar-refractivity contribution in [2.45, 2.75) is 26.3 Å². The van der Waals surface area contributed by atoms with Gasteiger partial charge in [0.15, 0.2) is 0 Å². The van der Waals surface area contributed by atoms with Gasteiger partial charge in [-0.2, -0.15) is 5.10 Å². The molecule has 0 saturated heterocycles. The van der Waals surface area contributed by atoms with Crippen LogP contribution in [0.2, 0.25) is 0 Å². The van der Waals surface area contributed by atoms with Gasteiger partial charge in [-0.05, 0) is 30.7 Å². The Balaban J connectivity index is 2.54. The van der Waals surface area contributed by atoms with Crippen LogP contribution >= 0.6 is 0 Å². The fourth-order valence-corrected chi connectivity index (χ4v) is 2.23. The van der Waals surface area contributed by atoms with Crippen molar-refractivity contribution >= 4 is 0 Å². The summed E-state index contributed by atoms with van der Waals surface area (Å²) in [6.07, 6.45) is 1.89. The minimum Gasteiger partial charge on any atom is -0.316 e. The lowest BCUT2D eigenvalue weighted by Gasteiger charge is -2.08. The van der Waals surface area contributed by atoms with Crippen molar-refractivity contribution in [2.24, 2.45) is 7.05 Å². The van der Waals surface area contributed by atoms with Crippen LogP contribution in [0.3, 0.4) is 0 Å². The fraction of sp³-hybridized carbons (Fsp3) is 0.400. The molecule has 0 aliphatic heterocycles. The van der Waals surface area contributed by atoms with E-state index in [0.29, 0.717) is 5.56 Å². The number of nitrogens with one attached hydrogen (secondary N) is 1. The highest BCUT2D eigenvalue weighted by Gasteiger charge is 2.16. The molecular formula is C15H20FN3. The summed E-state index contributed by atoms with van der Waals surface area (Å²) in [5.74, 6) is 0.0679. The maximum Gasteiger partial charge on any atom is 0.131 e. The maximum atomic E-state index is 14.1. The first-order chi connectivity index (χ1) is 9.02. The Morgan fingerprint density at radius 1 is 1.32 bits per heavy atom. The van der Waals surface area contributed by atoms with Gasteiger partial charge >= 0.3 is 0 Å². The molecule has 2 aromatic rings. The molecule has 0 saturated carbocycles. The molecule has 1 heterocycles. The van der Waals surface area contributed by atoms with Crippen LogP contribution in [-0.2, 0) is 13.6 Å². The van der Waals surface area contributed by atoms with Crippen LogP contribution in [0.5, 0.6) is 0 Å². The first-order valence-corrected chi connectivity index (χ1v) is 6.50. The molecule has 1 aromatic heterocycles. The van der Waals surface area contributed by atoms with Gasteiger partial charge in [0.2, 0.25) is 0 Å². The highest BCUT2D eigenvalue weighted by atomic mass is 19.1. The standard InChI is InChI=1S/C15H20FN3/c1-10(2)15-13(9-19(4)18-15)12-7-11(8-17-3)5-6-14(12)16/h5-7,9-10,17H,8H2,1-4H3.